The van der Waals surface area contributed by atoms with Crippen LogP contribution >= 0.6 is 0 Å². The predicted octanol–water partition coefficient (Wildman–Crippen LogP) is 2.61. The minimum absolute atomic E-state index is 0.130. The standard InChI is InChI=1S/C12H20N2O/c13-11-9-7-5-3-1-2-4-6-8-10-12(11)14-15/h2,4-5,7,11,15H,1,3,6,8-10,13H2/b4-2-,7-5-,14-12?. The summed E-state index contributed by atoms with van der Waals surface area (Å²) in [4.78, 5) is 0. The quantitative estimate of drug-likeness (QED) is 0.365. The van der Waals surface area contributed by atoms with Crippen LogP contribution in [0, 0.1) is 0 Å². The van der Waals surface area contributed by atoms with Gasteiger partial charge in [0.1, 0.15) is 0 Å². The lowest BCUT2D eigenvalue weighted by atomic mass is 10.0. The third-order valence-electron chi connectivity index (χ3n) is 2.58. The average Bonchev–Trinajstić information content (AvgIpc) is 2.23. The number of hydrogen-bond donors (Lipinski definition) is 2. The summed E-state index contributed by atoms with van der Waals surface area (Å²) in [5.74, 6) is 0. The monoisotopic (exact) mass is 208 g/mol. The van der Waals surface area contributed by atoms with E-state index in [1.54, 1.807) is 0 Å². The molecule has 0 aromatic heterocycles. The third-order valence-corrected chi connectivity index (χ3v) is 2.58. The van der Waals surface area contributed by atoms with Crippen LogP contribution in [0.4, 0.5) is 0 Å². The Kier molecular flexibility index (Phi) is 5.78. The molecule has 0 amide bonds. The molecule has 3 nitrogen and oxygen atoms in total. The Balaban J connectivity index is 2.55. The Morgan fingerprint density at radius 2 is 1.80 bits per heavy atom. The van der Waals surface area contributed by atoms with Gasteiger partial charge in [-0.1, -0.05) is 29.5 Å². The highest BCUT2D eigenvalue weighted by atomic mass is 16.4. The van der Waals surface area contributed by atoms with E-state index in [9.17, 15) is 0 Å². The predicted molar refractivity (Wildman–Crippen MR) is 63.2 cm³/mol. The third kappa shape index (κ3) is 4.79. The fourth-order valence-electron chi connectivity index (χ4n) is 1.64. The van der Waals surface area contributed by atoms with Crippen LogP contribution in [0.1, 0.15) is 38.5 Å². The van der Waals surface area contributed by atoms with Crippen LogP contribution in [0.25, 0.3) is 0 Å². The number of nitrogens with zero attached hydrogens (tertiary/aromatic N) is 1. The van der Waals surface area contributed by atoms with Gasteiger partial charge in [0.15, 0.2) is 0 Å². The fraction of sp³-hybridized carbons (Fsp3) is 0.583. The first-order chi connectivity index (χ1) is 7.34. The molecule has 0 bridgehead atoms. The molecule has 1 aliphatic carbocycles. The molecule has 84 valence electrons. The summed E-state index contributed by atoms with van der Waals surface area (Å²) < 4.78 is 0. The van der Waals surface area contributed by atoms with E-state index in [-0.39, 0.29) is 6.04 Å². The number of hydrogen-bond acceptors (Lipinski definition) is 3. The van der Waals surface area contributed by atoms with Crippen LogP contribution in [0.3, 0.4) is 0 Å². The molecule has 0 spiro atoms. The first-order valence-corrected chi connectivity index (χ1v) is 5.61. The maximum absolute atomic E-state index is 8.83. The van der Waals surface area contributed by atoms with E-state index in [2.05, 4.69) is 29.5 Å². The zero-order chi connectivity index (χ0) is 10.9. The molecule has 3 heteroatoms. The lowest BCUT2D eigenvalue weighted by Crippen LogP contribution is -2.29. The fourth-order valence-corrected chi connectivity index (χ4v) is 1.64. The van der Waals surface area contributed by atoms with Crippen molar-refractivity contribution in [3.63, 3.8) is 0 Å². The second-order valence-corrected chi connectivity index (χ2v) is 3.85. The minimum atomic E-state index is -0.130. The SMILES string of the molecule is NC1C/C=C\CC/C=C\CCCC1=NO. The van der Waals surface area contributed by atoms with Crippen LogP contribution in [0.5, 0.6) is 0 Å². The van der Waals surface area contributed by atoms with Crippen molar-refractivity contribution in [2.75, 3.05) is 0 Å². The molecule has 0 radical (unpaired) electrons. The number of nitrogens with two attached hydrogens (primary N) is 1. The molecule has 1 aliphatic rings. The van der Waals surface area contributed by atoms with Gasteiger partial charge >= 0.3 is 0 Å². The van der Waals surface area contributed by atoms with E-state index in [0.717, 1.165) is 38.5 Å². The van der Waals surface area contributed by atoms with Gasteiger partial charge in [0.2, 0.25) is 0 Å². The molecule has 1 rings (SSSR count). The smallest absolute Gasteiger partial charge is 0.0740 e. The summed E-state index contributed by atoms with van der Waals surface area (Å²) in [6.45, 7) is 0. The number of allylic oxidation sites excluding steroid dienone is 3. The molecule has 3 N–H and O–H groups in total. The van der Waals surface area contributed by atoms with Crippen LogP contribution < -0.4 is 5.73 Å². The summed E-state index contributed by atoms with van der Waals surface area (Å²) in [6.07, 6.45) is 14.4. The normalized spacial score (nSPS) is 31.5. The number of oxime groups is 1. The molecule has 0 saturated heterocycles. The Bertz CT molecular complexity index is 256. The summed E-state index contributed by atoms with van der Waals surface area (Å²) in [7, 11) is 0. The van der Waals surface area contributed by atoms with Gasteiger partial charge in [0.05, 0.1) is 5.71 Å². The molecule has 1 unspecified atom stereocenters. The second-order valence-electron chi connectivity index (χ2n) is 3.85. The Morgan fingerprint density at radius 3 is 2.53 bits per heavy atom. The topological polar surface area (TPSA) is 58.6 Å². The van der Waals surface area contributed by atoms with E-state index >= 15 is 0 Å². The maximum Gasteiger partial charge on any atom is 0.0740 e. The van der Waals surface area contributed by atoms with Crippen molar-refractivity contribution in [2.24, 2.45) is 10.9 Å². The van der Waals surface area contributed by atoms with Crippen LogP contribution in [0.2, 0.25) is 0 Å². The molecule has 0 aromatic rings. The van der Waals surface area contributed by atoms with Crippen LogP contribution in [0.15, 0.2) is 29.5 Å². The molecule has 0 saturated carbocycles. The molecule has 0 aromatic carbocycles. The molecule has 15 heavy (non-hydrogen) atoms. The Labute approximate surface area is 91.4 Å². The minimum Gasteiger partial charge on any atom is -0.411 e. The molecule has 0 heterocycles. The van der Waals surface area contributed by atoms with Crippen molar-refractivity contribution in [3.05, 3.63) is 24.3 Å². The first-order valence-electron chi connectivity index (χ1n) is 5.61. The Hall–Kier alpha value is -1.09. The van der Waals surface area contributed by atoms with Gasteiger partial charge in [0, 0.05) is 6.04 Å². The van der Waals surface area contributed by atoms with Crippen molar-refractivity contribution >= 4 is 5.71 Å². The first kappa shape index (κ1) is 12.0. The van der Waals surface area contributed by atoms with Gasteiger partial charge < -0.3 is 10.9 Å². The van der Waals surface area contributed by atoms with E-state index in [1.807, 2.05) is 0 Å². The van der Waals surface area contributed by atoms with Gasteiger partial charge in [-0.25, -0.2) is 0 Å². The van der Waals surface area contributed by atoms with Gasteiger partial charge in [-0.05, 0) is 38.5 Å². The molecular weight excluding hydrogens is 188 g/mol. The highest BCUT2D eigenvalue weighted by Gasteiger charge is 2.09. The maximum atomic E-state index is 8.83. The lowest BCUT2D eigenvalue weighted by molar-refractivity contribution is 0.315. The van der Waals surface area contributed by atoms with Crippen molar-refractivity contribution in [1.82, 2.24) is 0 Å². The summed E-state index contributed by atoms with van der Waals surface area (Å²) in [5, 5.41) is 12.1. The second kappa shape index (κ2) is 7.23. The van der Waals surface area contributed by atoms with E-state index in [0.29, 0.717) is 5.71 Å². The molecule has 0 aliphatic heterocycles. The van der Waals surface area contributed by atoms with E-state index < -0.39 is 0 Å². The van der Waals surface area contributed by atoms with E-state index in [4.69, 9.17) is 10.9 Å². The van der Waals surface area contributed by atoms with Gasteiger partial charge in [-0.3, -0.25) is 0 Å². The van der Waals surface area contributed by atoms with Crippen LogP contribution in [-0.2, 0) is 0 Å². The van der Waals surface area contributed by atoms with Crippen molar-refractivity contribution in [2.45, 2.75) is 44.6 Å². The zero-order valence-corrected chi connectivity index (χ0v) is 9.10. The molecular formula is C12H20N2O. The lowest BCUT2D eigenvalue weighted by Gasteiger charge is -2.11. The van der Waals surface area contributed by atoms with Crippen molar-refractivity contribution in [3.8, 4) is 0 Å². The molecule has 0 fully saturated rings. The summed E-state index contributed by atoms with van der Waals surface area (Å²) >= 11 is 0. The van der Waals surface area contributed by atoms with Crippen molar-refractivity contribution < 1.29 is 5.21 Å². The summed E-state index contributed by atoms with van der Waals surface area (Å²) in [6, 6.07) is -0.130. The van der Waals surface area contributed by atoms with Gasteiger partial charge in [-0.2, -0.15) is 0 Å². The van der Waals surface area contributed by atoms with Crippen LogP contribution in [-0.4, -0.2) is 17.0 Å². The zero-order valence-electron chi connectivity index (χ0n) is 9.10. The largest absolute Gasteiger partial charge is 0.411 e. The highest BCUT2D eigenvalue weighted by molar-refractivity contribution is 5.89. The average molecular weight is 208 g/mol. The highest BCUT2D eigenvalue weighted by Crippen LogP contribution is 2.07. The van der Waals surface area contributed by atoms with Crippen molar-refractivity contribution in [1.29, 1.82) is 0 Å². The van der Waals surface area contributed by atoms with Gasteiger partial charge in [-0.15, -0.1) is 0 Å². The van der Waals surface area contributed by atoms with E-state index in [1.165, 1.54) is 0 Å². The Morgan fingerprint density at radius 1 is 1.13 bits per heavy atom. The molecule has 1 atom stereocenters. The number of rotatable bonds is 0. The van der Waals surface area contributed by atoms with Gasteiger partial charge in [0.25, 0.3) is 0 Å². The summed E-state index contributed by atoms with van der Waals surface area (Å²) in [5.41, 5.74) is 6.63.